The van der Waals surface area contributed by atoms with Crippen molar-refractivity contribution < 1.29 is 41.8 Å². The number of nitrogens with zero attached hydrogens (tertiary/aromatic N) is 1. The molecule has 0 saturated carbocycles. The zero-order valence-corrected chi connectivity index (χ0v) is 24.8. The molecule has 2 atom stereocenters. The zero-order valence-electron chi connectivity index (χ0n) is 24.0. The Morgan fingerprint density at radius 3 is 2.36 bits per heavy atom. The molecule has 2 aromatic carbocycles. The highest BCUT2D eigenvalue weighted by molar-refractivity contribution is 6.30. The van der Waals surface area contributed by atoms with Crippen LogP contribution in [0, 0.1) is 0 Å². The highest BCUT2D eigenvalue weighted by Gasteiger charge is 2.42. The fourth-order valence-electron chi connectivity index (χ4n) is 4.03. The smallest absolute Gasteiger partial charge is 0.386 e. The van der Waals surface area contributed by atoms with Crippen LogP contribution in [-0.2, 0) is 35.3 Å². The number of alkyl halides is 3. The SMILES string of the molecule is O=C(CCCCNc1ccccn1)NC(COCc1ccccc1)C(=O)NC(CC(=O)OC(=O)C(F)(F)F)c1cccc(Cl)c1. The molecule has 45 heavy (non-hydrogen) atoms. The topological polar surface area (TPSA) is 136 Å². The molecular formula is C31H32ClF3N4O6. The molecular weight excluding hydrogens is 617 g/mol. The molecule has 0 aliphatic rings. The van der Waals surface area contributed by atoms with Gasteiger partial charge in [0.05, 0.1) is 25.7 Å². The number of nitrogens with one attached hydrogen (secondary N) is 3. The van der Waals surface area contributed by atoms with Crippen molar-refractivity contribution in [3.63, 3.8) is 0 Å². The van der Waals surface area contributed by atoms with Gasteiger partial charge in [-0.3, -0.25) is 14.4 Å². The van der Waals surface area contributed by atoms with Crippen LogP contribution < -0.4 is 16.0 Å². The molecule has 2 amide bonds. The zero-order chi connectivity index (χ0) is 32.7. The standard InChI is InChI=1S/C31H32ClF3N4O6/c32-23-12-8-11-22(17-23)24(18-28(41)45-30(43)31(33,34)35)39-29(42)25(20-44-19-21-9-2-1-3-10-21)38-27(40)14-5-7-16-37-26-13-4-6-15-36-26/h1-4,6,8-13,15,17,24-25H,5,7,14,16,18-20H2,(H,36,37)(H,38,40)(H,39,42). The van der Waals surface area contributed by atoms with E-state index >= 15 is 0 Å². The van der Waals surface area contributed by atoms with Gasteiger partial charge in [0.15, 0.2) is 0 Å². The highest BCUT2D eigenvalue weighted by Crippen LogP contribution is 2.23. The fourth-order valence-corrected chi connectivity index (χ4v) is 4.23. The van der Waals surface area contributed by atoms with Crippen LogP contribution in [0.4, 0.5) is 19.0 Å². The van der Waals surface area contributed by atoms with E-state index in [4.69, 9.17) is 16.3 Å². The lowest BCUT2D eigenvalue weighted by atomic mass is 10.0. The molecule has 0 bridgehead atoms. The number of pyridine rings is 1. The van der Waals surface area contributed by atoms with E-state index in [1.807, 2.05) is 42.5 Å². The highest BCUT2D eigenvalue weighted by atomic mass is 35.5. The van der Waals surface area contributed by atoms with Gasteiger partial charge in [-0.15, -0.1) is 0 Å². The predicted molar refractivity (Wildman–Crippen MR) is 159 cm³/mol. The van der Waals surface area contributed by atoms with Crippen molar-refractivity contribution in [2.24, 2.45) is 0 Å². The molecule has 3 N–H and O–H groups in total. The fraction of sp³-hybridized carbons (Fsp3) is 0.323. The number of benzene rings is 2. The molecule has 0 aliphatic heterocycles. The molecule has 1 heterocycles. The minimum absolute atomic E-state index is 0.0932. The molecule has 10 nitrogen and oxygen atoms in total. The van der Waals surface area contributed by atoms with Crippen LogP contribution in [0.3, 0.4) is 0 Å². The van der Waals surface area contributed by atoms with E-state index in [0.29, 0.717) is 25.2 Å². The van der Waals surface area contributed by atoms with Gasteiger partial charge in [-0.1, -0.05) is 60.1 Å². The Hall–Kier alpha value is -4.49. The molecule has 1 aromatic heterocycles. The van der Waals surface area contributed by atoms with Crippen molar-refractivity contribution in [3.8, 4) is 0 Å². The third-order valence-electron chi connectivity index (χ3n) is 6.23. The van der Waals surface area contributed by atoms with Crippen molar-refractivity contribution in [2.45, 2.75) is 50.6 Å². The Bertz CT molecular complexity index is 1410. The van der Waals surface area contributed by atoms with Crippen molar-refractivity contribution in [3.05, 3.63) is 95.1 Å². The lowest BCUT2D eigenvalue weighted by Crippen LogP contribution is -2.50. The molecule has 240 valence electrons. The third-order valence-corrected chi connectivity index (χ3v) is 6.46. The number of esters is 2. The number of ether oxygens (including phenoxy) is 2. The summed E-state index contributed by atoms with van der Waals surface area (Å²) in [4.78, 5) is 53.8. The number of rotatable bonds is 16. The van der Waals surface area contributed by atoms with Crippen molar-refractivity contribution in [1.82, 2.24) is 15.6 Å². The third kappa shape index (κ3) is 13.0. The van der Waals surface area contributed by atoms with E-state index in [1.54, 1.807) is 12.3 Å². The maximum atomic E-state index is 13.4. The van der Waals surface area contributed by atoms with Gasteiger partial charge in [-0.2, -0.15) is 13.2 Å². The number of hydrogen-bond acceptors (Lipinski definition) is 8. The molecule has 3 rings (SSSR count). The maximum Gasteiger partial charge on any atom is 0.491 e. The van der Waals surface area contributed by atoms with Gasteiger partial charge in [-0.25, -0.2) is 9.78 Å². The second-order valence-electron chi connectivity index (χ2n) is 9.80. The monoisotopic (exact) mass is 648 g/mol. The summed E-state index contributed by atoms with van der Waals surface area (Å²) in [7, 11) is 0. The Morgan fingerprint density at radius 1 is 0.911 bits per heavy atom. The number of carbonyl (C=O) groups excluding carboxylic acids is 4. The maximum absolute atomic E-state index is 13.4. The minimum atomic E-state index is -5.38. The number of unbranched alkanes of at least 4 members (excludes halogenated alkanes) is 1. The Kier molecular flexibility index (Phi) is 13.8. The Morgan fingerprint density at radius 2 is 1.67 bits per heavy atom. The van der Waals surface area contributed by atoms with Crippen LogP contribution in [0.25, 0.3) is 0 Å². The van der Waals surface area contributed by atoms with Crippen LogP contribution >= 0.6 is 11.6 Å². The second kappa shape index (κ2) is 17.7. The number of hydrogen-bond donors (Lipinski definition) is 3. The van der Waals surface area contributed by atoms with Crippen LogP contribution in [0.15, 0.2) is 79.0 Å². The van der Waals surface area contributed by atoms with Crippen molar-refractivity contribution >= 4 is 41.2 Å². The first-order valence-electron chi connectivity index (χ1n) is 13.9. The lowest BCUT2D eigenvalue weighted by molar-refractivity contribution is -0.202. The summed E-state index contributed by atoms with van der Waals surface area (Å²) in [6.45, 7) is 0.443. The van der Waals surface area contributed by atoms with Gasteiger partial charge in [0.1, 0.15) is 11.9 Å². The van der Waals surface area contributed by atoms with E-state index in [-0.39, 0.29) is 30.2 Å². The van der Waals surface area contributed by atoms with Gasteiger partial charge >= 0.3 is 18.1 Å². The summed E-state index contributed by atoms with van der Waals surface area (Å²) < 4.78 is 47.5. The average Bonchev–Trinajstić information content (AvgIpc) is 3.00. The molecule has 0 aliphatic carbocycles. The van der Waals surface area contributed by atoms with Crippen LogP contribution in [0.1, 0.15) is 42.9 Å². The predicted octanol–water partition coefficient (Wildman–Crippen LogP) is 4.90. The van der Waals surface area contributed by atoms with Crippen molar-refractivity contribution in [2.75, 3.05) is 18.5 Å². The molecule has 2 unspecified atom stereocenters. The molecule has 0 radical (unpaired) electrons. The molecule has 0 fully saturated rings. The van der Waals surface area contributed by atoms with Crippen LogP contribution in [0.5, 0.6) is 0 Å². The minimum Gasteiger partial charge on any atom is -0.386 e. The van der Waals surface area contributed by atoms with E-state index in [9.17, 15) is 32.3 Å². The number of aromatic nitrogens is 1. The molecule has 0 spiro atoms. The Labute approximate surface area is 262 Å². The number of amides is 2. The number of anilines is 1. The van der Waals surface area contributed by atoms with E-state index in [1.165, 1.54) is 24.3 Å². The summed E-state index contributed by atoms with van der Waals surface area (Å²) in [5.41, 5.74) is 1.07. The first kappa shape index (κ1) is 35.0. The summed E-state index contributed by atoms with van der Waals surface area (Å²) in [6, 6.07) is 17.9. The average molecular weight is 649 g/mol. The van der Waals surface area contributed by atoms with Crippen LogP contribution in [0.2, 0.25) is 5.02 Å². The molecule has 14 heteroatoms. The summed E-state index contributed by atoms with van der Waals surface area (Å²) in [6.07, 6.45) is -3.33. The van der Waals surface area contributed by atoms with Crippen LogP contribution in [-0.4, -0.2) is 54.1 Å². The first-order valence-corrected chi connectivity index (χ1v) is 14.3. The van der Waals surface area contributed by atoms with E-state index < -0.39 is 48.4 Å². The molecule has 3 aromatic rings. The first-order chi connectivity index (χ1) is 21.5. The van der Waals surface area contributed by atoms with Gasteiger partial charge in [0, 0.05) is 24.2 Å². The largest absolute Gasteiger partial charge is 0.491 e. The summed E-state index contributed by atoms with van der Waals surface area (Å²) in [5.74, 6) is -4.73. The Balaban J connectivity index is 1.66. The van der Waals surface area contributed by atoms with Crippen molar-refractivity contribution in [1.29, 1.82) is 0 Å². The normalized spacial score (nSPS) is 12.4. The summed E-state index contributed by atoms with van der Waals surface area (Å²) in [5, 5.41) is 8.54. The van der Waals surface area contributed by atoms with Gasteiger partial charge in [-0.05, 0) is 48.2 Å². The number of halogens is 4. The summed E-state index contributed by atoms with van der Waals surface area (Å²) >= 11 is 6.05. The quantitative estimate of drug-likeness (QED) is 0.113. The van der Waals surface area contributed by atoms with Gasteiger partial charge in [0.2, 0.25) is 11.8 Å². The number of carbonyl (C=O) groups is 4. The van der Waals surface area contributed by atoms with E-state index in [2.05, 4.69) is 25.7 Å². The van der Waals surface area contributed by atoms with Gasteiger partial charge in [0.25, 0.3) is 0 Å². The molecule has 0 saturated heterocycles. The van der Waals surface area contributed by atoms with Gasteiger partial charge < -0.3 is 25.4 Å². The van der Waals surface area contributed by atoms with E-state index in [0.717, 1.165) is 5.56 Å². The lowest BCUT2D eigenvalue weighted by Gasteiger charge is -2.24. The second-order valence-corrected chi connectivity index (χ2v) is 10.2.